The van der Waals surface area contributed by atoms with Gasteiger partial charge in [-0.1, -0.05) is 60.7 Å². The first kappa shape index (κ1) is 22.9. The molecule has 1 unspecified atom stereocenters. The van der Waals surface area contributed by atoms with E-state index in [0.29, 0.717) is 48.5 Å². The van der Waals surface area contributed by atoms with Gasteiger partial charge in [0.25, 0.3) is 5.56 Å². The standard InChI is InChI=1S/C28H27N3O3S/c1-19(21-10-6-3-7-11-21)29-28(35)31(17-20-8-4-2-5-9-20)18-23-14-22-15-25-26(34-13-12-33-25)16-24(22)30-27(23)32/h2-11,14-16,19H,12-13,17-18H2,1H3,(H,29,35)(H,30,32). The summed E-state index contributed by atoms with van der Waals surface area (Å²) in [6.45, 7) is 4.03. The van der Waals surface area contributed by atoms with E-state index in [1.165, 1.54) is 0 Å². The van der Waals surface area contributed by atoms with Gasteiger partial charge >= 0.3 is 0 Å². The molecule has 0 spiro atoms. The summed E-state index contributed by atoms with van der Waals surface area (Å²) in [5.41, 5.74) is 3.45. The Hall–Kier alpha value is -3.84. The average molecular weight is 486 g/mol. The maximum Gasteiger partial charge on any atom is 0.253 e. The molecule has 5 rings (SSSR count). The van der Waals surface area contributed by atoms with Gasteiger partial charge in [-0.15, -0.1) is 0 Å². The minimum absolute atomic E-state index is 0.0283. The van der Waals surface area contributed by atoms with Crippen LogP contribution in [0.1, 0.15) is 29.7 Å². The SMILES string of the molecule is CC(NC(=S)N(Cc1ccccc1)Cc1cc2cc3c(cc2[nH]c1=O)OCCO3)c1ccccc1. The summed E-state index contributed by atoms with van der Waals surface area (Å²) in [6.07, 6.45) is 0. The Morgan fingerprint density at radius 2 is 1.63 bits per heavy atom. The van der Waals surface area contributed by atoms with Crippen molar-refractivity contribution in [2.24, 2.45) is 0 Å². The van der Waals surface area contributed by atoms with E-state index in [0.717, 1.165) is 22.0 Å². The third kappa shape index (κ3) is 5.30. The van der Waals surface area contributed by atoms with Gasteiger partial charge in [-0.05, 0) is 42.4 Å². The molecule has 7 heteroatoms. The number of nitrogens with one attached hydrogen (secondary N) is 2. The molecule has 35 heavy (non-hydrogen) atoms. The Labute approximate surface area is 209 Å². The van der Waals surface area contributed by atoms with Crippen LogP contribution in [0.4, 0.5) is 0 Å². The van der Waals surface area contributed by atoms with E-state index >= 15 is 0 Å². The van der Waals surface area contributed by atoms with Gasteiger partial charge in [0.15, 0.2) is 16.6 Å². The number of benzene rings is 3. The number of pyridine rings is 1. The lowest BCUT2D eigenvalue weighted by molar-refractivity contribution is 0.172. The van der Waals surface area contributed by atoms with Crippen molar-refractivity contribution in [2.45, 2.75) is 26.1 Å². The Morgan fingerprint density at radius 3 is 2.34 bits per heavy atom. The van der Waals surface area contributed by atoms with E-state index in [9.17, 15) is 4.79 Å². The first-order valence-electron chi connectivity index (χ1n) is 11.7. The first-order chi connectivity index (χ1) is 17.1. The van der Waals surface area contributed by atoms with Crippen LogP contribution in [-0.4, -0.2) is 28.2 Å². The highest BCUT2D eigenvalue weighted by Crippen LogP contribution is 2.33. The fourth-order valence-electron chi connectivity index (χ4n) is 4.22. The molecule has 1 atom stereocenters. The van der Waals surface area contributed by atoms with Crippen LogP contribution >= 0.6 is 12.2 Å². The minimum atomic E-state index is -0.147. The number of ether oxygens (including phenoxy) is 2. The Kier molecular flexibility index (Phi) is 6.68. The van der Waals surface area contributed by atoms with Crippen molar-refractivity contribution >= 4 is 28.2 Å². The number of aromatic nitrogens is 1. The molecule has 4 aromatic rings. The summed E-state index contributed by atoms with van der Waals surface area (Å²) in [5.74, 6) is 1.34. The van der Waals surface area contributed by atoms with Crippen LogP contribution in [0, 0.1) is 0 Å². The van der Waals surface area contributed by atoms with Gasteiger partial charge < -0.3 is 24.7 Å². The van der Waals surface area contributed by atoms with Gasteiger partial charge in [0, 0.05) is 23.6 Å². The van der Waals surface area contributed by atoms with Crippen molar-refractivity contribution in [1.82, 2.24) is 15.2 Å². The Morgan fingerprint density at radius 1 is 0.971 bits per heavy atom. The highest BCUT2D eigenvalue weighted by Gasteiger charge is 2.18. The third-order valence-corrected chi connectivity index (χ3v) is 6.46. The monoisotopic (exact) mass is 485 g/mol. The Bertz CT molecular complexity index is 1390. The van der Waals surface area contributed by atoms with E-state index in [-0.39, 0.29) is 11.6 Å². The summed E-state index contributed by atoms with van der Waals surface area (Å²) < 4.78 is 11.4. The highest BCUT2D eigenvalue weighted by atomic mass is 32.1. The molecule has 0 saturated heterocycles. The molecule has 2 N–H and O–H groups in total. The molecule has 0 saturated carbocycles. The quantitative estimate of drug-likeness (QED) is 0.377. The van der Waals surface area contributed by atoms with Crippen molar-refractivity contribution in [3.05, 3.63) is 106 Å². The minimum Gasteiger partial charge on any atom is -0.486 e. The van der Waals surface area contributed by atoms with E-state index < -0.39 is 0 Å². The molecule has 1 aromatic heterocycles. The lowest BCUT2D eigenvalue weighted by Crippen LogP contribution is -2.41. The number of aromatic amines is 1. The molecule has 1 aliphatic heterocycles. The van der Waals surface area contributed by atoms with Gasteiger partial charge in [0.2, 0.25) is 0 Å². The highest BCUT2D eigenvalue weighted by molar-refractivity contribution is 7.80. The Balaban J connectivity index is 1.43. The summed E-state index contributed by atoms with van der Waals surface area (Å²) >= 11 is 5.84. The van der Waals surface area contributed by atoms with Crippen LogP contribution < -0.4 is 20.3 Å². The number of thiocarbonyl (C=S) groups is 1. The zero-order chi connectivity index (χ0) is 24.2. The van der Waals surface area contributed by atoms with Crippen molar-refractivity contribution in [3.8, 4) is 11.5 Å². The predicted molar refractivity (Wildman–Crippen MR) is 142 cm³/mol. The lowest BCUT2D eigenvalue weighted by atomic mass is 10.1. The molecule has 0 bridgehead atoms. The summed E-state index contributed by atoms with van der Waals surface area (Å²) in [7, 11) is 0. The average Bonchev–Trinajstić information content (AvgIpc) is 2.88. The van der Waals surface area contributed by atoms with Crippen LogP contribution in [0.3, 0.4) is 0 Å². The summed E-state index contributed by atoms with van der Waals surface area (Å²) in [4.78, 5) is 18.1. The molecule has 178 valence electrons. The normalized spacial score (nSPS) is 13.3. The van der Waals surface area contributed by atoms with E-state index in [4.69, 9.17) is 21.7 Å². The number of nitrogens with zero attached hydrogens (tertiary/aromatic N) is 1. The molecule has 2 heterocycles. The van der Waals surface area contributed by atoms with Crippen molar-refractivity contribution in [2.75, 3.05) is 13.2 Å². The predicted octanol–water partition coefficient (Wildman–Crippen LogP) is 4.94. The second-order valence-electron chi connectivity index (χ2n) is 8.63. The molecule has 6 nitrogen and oxygen atoms in total. The zero-order valence-electron chi connectivity index (χ0n) is 19.5. The molecule has 0 amide bonds. The number of rotatable bonds is 6. The number of H-pyrrole nitrogens is 1. The molecular formula is C28H27N3O3S. The zero-order valence-corrected chi connectivity index (χ0v) is 20.3. The topological polar surface area (TPSA) is 66.6 Å². The number of hydrogen-bond donors (Lipinski definition) is 2. The molecule has 0 fully saturated rings. The summed E-state index contributed by atoms with van der Waals surface area (Å²) in [6, 6.07) is 26.0. The number of hydrogen-bond acceptors (Lipinski definition) is 4. The third-order valence-electron chi connectivity index (χ3n) is 6.09. The molecule has 0 aliphatic carbocycles. The van der Waals surface area contributed by atoms with Crippen molar-refractivity contribution in [3.63, 3.8) is 0 Å². The van der Waals surface area contributed by atoms with Crippen LogP contribution in [0.25, 0.3) is 10.9 Å². The molecular weight excluding hydrogens is 458 g/mol. The van der Waals surface area contributed by atoms with Gasteiger partial charge in [-0.25, -0.2) is 0 Å². The van der Waals surface area contributed by atoms with E-state index in [1.54, 1.807) is 0 Å². The van der Waals surface area contributed by atoms with Gasteiger partial charge in [0.05, 0.1) is 18.1 Å². The fourth-order valence-corrected chi connectivity index (χ4v) is 4.52. The van der Waals surface area contributed by atoms with Crippen molar-refractivity contribution in [1.29, 1.82) is 0 Å². The van der Waals surface area contributed by atoms with Gasteiger partial charge in [0.1, 0.15) is 13.2 Å². The second kappa shape index (κ2) is 10.2. The largest absolute Gasteiger partial charge is 0.486 e. The van der Waals surface area contributed by atoms with Crippen LogP contribution in [-0.2, 0) is 13.1 Å². The maximum absolute atomic E-state index is 13.0. The smallest absolute Gasteiger partial charge is 0.253 e. The van der Waals surface area contributed by atoms with E-state index in [2.05, 4.69) is 41.5 Å². The van der Waals surface area contributed by atoms with Crippen LogP contribution in [0.15, 0.2) is 83.7 Å². The van der Waals surface area contributed by atoms with Gasteiger partial charge in [-0.3, -0.25) is 4.79 Å². The first-order valence-corrected chi connectivity index (χ1v) is 12.1. The van der Waals surface area contributed by atoms with Gasteiger partial charge in [-0.2, -0.15) is 0 Å². The lowest BCUT2D eigenvalue weighted by Gasteiger charge is -2.28. The molecule has 0 radical (unpaired) electrons. The maximum atomic E-state index is 13.0. The molecule has 1 aliphatic rings. The van der Waals surface area contributed by atoms with Crippen molar-refractivity contribution < 1.29 is 9.47 Å². The number of fused-ring (bicyclic) bond motifs is 2. The van der Waals surface area contributed by atoms with E-state index in [1.807, 2.05) is 59.5 Å². The van der Waals surface area contributed by atoms with Crippen LogP contribution in [0.5, 0.6) is 11.5 Å². The fraction of sp³-hybridized carbons (Fsp3) is 0.214. The van der Waals surface area contributed by atoms with Crippen LogP contribution in [0.2, 0.25) is 0 Å². The second-order valence-corrected chi connectivity index (χ2v) is 9.02. The molecule has 3 aromatic carbocycles. The summed E-state index contributed by atoms with van der Waals surface area (Å²) in [5, 5.41) is 4.92.